The molecule has 5 heterocycles. The summed E-state index contributed by atoms with van der Waals surface area (Å²) in [6.07, 6.45) is 5.17. The Hall–Kier alpha value is -5.43. The zero-order chi connectivity index (χ0) is 30.0. The number of para-hydroxylation sites is 1. The summed E-state index contributed by atoms with van der Waals surface area (Å²) >= 11 is 0. The Kier molecular flexibility index (Phi) is 7.28. The van der Waals surface area contributed by atoms with E-state index in [2.05, 4.69) is 30.4 Å². The number of piperidine rings is 1. The van der Waals surface area contributed by atoms with Gasteiger partial charge in [0.25, 0.3) is 0 Å². The summed E-state index contributed by atoms with van der Waals surface area (Å²) in [5.74, 6) is 2.05. The van der Waals surface area contributed by atoms with Crippen LogP contribution in [0.5, 0.6) is 11.5 Å². The van der Waals surface area contributed by atoms with Crippen LogP contribution in [0.4, 0.5) is 16.4 Å². The van der Waals surface area contributed by atoms with Crippen LogP contribution in [0.15, 0.2) is 73.2 Å². The lowest BCUT2D eigenvalue weighted by Gasteiger charge is -2.32. The lowest BCUT2D eigenvalue weighted by atomic mass is 10.0. The van der Waals surface area contributed by atoms with Crippen molar-refractivity contribution in [1.82, 2.24) is 40.2 Å². The number of ether oxygens (including phenoxy) is 1. The van der Waals surface area contributed by atoms with Crippen LogP contribution in [0.2, 0.25) is 0 Å². The fourth-order valence-electron chi connectivity index (χ4n) is 5.73. The number of likely N-dealkylation sites (tertiary alicyclic amines) is 1. The highest BCUT2D eigenvalue weighted by atomic mass is 16.5. The molecule has 0 aliphatic carbocycles. The number of fused-ring (bicyclic) bond motifs is 1. The van der Waals surface area contributed by atoms with Gasteiger partial charge in [0.05, 0.1) is 17.6 Å². The molecule has 13 heteroatoms. The van der Waals surface area contributed by atoms with Crippen LogP contribution >= 0.6 is 0 Å². The van der Waals surface area contributed by atoms with Gasteiger partial charge in [-0.15, -0.1) is 5.10 Å². The summed E-state index contributed by atoms with van der Waals surface area (Å²) in [4.78, 5) is 36.4. The third-order valence-corrected chi connectivity index (χ3v) is 7.96. The van der Waals surface area contributed by atoms with Crippen molar-refractivity contribution < 1.29 is 14.3 Å². The van der Waals surface area contributed by atoms with Crippen LogP contribution in [0, 0.1) is 0 Å². The van der Waals surface area contributed by atoms with Gasteiger partial charge in [0.1, 0.15) is 29.3 Å². The number of hydrogen-bond acceptors (Lipinski definition) is 10. The number of nitrogens with zero attached hydrogens (tertiary/aromatic N) is 8. The Morgan fingerprint density at radius 3 is 2.50 bits per heavy atom. The molecule has 2 fully saturated rings. The van der Waals surface area contributed by atoms with Gasteiger partial charge in [-0.05, 0) is 60.9 Å². The number of carbonyl (C=O) groups excluding carboxylic acids is 2. The fourth-order valence-corrected chi connectivity index (χ4v) is 5.73. The third kappa shape index (κ3) is 5.52. The number of anilines is 2. The summed E-state index contributed by atoms with van der Waals surface area (Å²) < 4.78 is 7.96. The first-order valence-corrected chi connectivity index (χ1v) is 14.5. The van der Waals surface area contributed by atoms with Gasteiger partial charge < -0.3 is 10.5 Å². The quantitative estimate of drug-likeness (QED) is 0.284. The van der Waals surface area contributed by atoms with Crippen molar-refractivity contribution in [2.24, 2.45) is 0 Å². The van der Waals surface area contributed by atoms with E-state index in [0.29, 0.717) is 18.2 Å². The molecule has 5 aromatic rings. The second-order valence-corrected chi connectivity index (χ2v) is 10.9. The number of nitrogens with two attached hydrogens (primary N) is 1. The van der Waals surface area contributed by atoms with Crippen molar-refractivity contribution in [3.8, 4) is 22.8 Å². The van der Waals surface area contributed by atoms with E-state index in [9.17, 15) is 9.59 Å². The SMILES string of the molecule is Nc1ncnc2c1c(-c1ccc(Oc3ccccc3)cc1)nn2C1CCN(Cc2cnnc(N3CCC(=O)NC3=O)c2)CC1. The first kappa shape index (κ1) is 27.4. The topological polar surface area (TPSA) is 157 Å². The smallest absolute Gasteiger partial charge is 0.329 e. The van der Waals surface area contributed by atoms with Crippen molar-refractivity contribution >= 4 is 34.6 Å². The second kappa shape index (κ2) is 11.7. The number of amides is 3. The molecule has 0 bridgehead atoms. The van der Waals surface area contributed by atoms with Gasteiger partial charge in [-0.25, -0.2) is 19.4 Å². The Morgan fingerprint density at radius 2 is 1.73 bits per heavy atom. The third-order valence-electron chi connectivity index (χ3n) is 7.96. The van der Waals surface area contributed by atoms with Gasteiger partial charge in [-0.2, -0.15) is 10.2 Å². The van der Waals surface area contributed by atoms with Crippen molar-refractivity contribution in [1.29, 1.82) is 0 Å². The van der Waals surface area contributed by atoms with E-state index in [4.69, 9.17) is 15.6 Å². The number of hydrogen-bond donors (Lipinski definition) is 2. The highest BCUT2D eigenvalue weighted by molar-refractivity contribution is 6.05. The molecule has 44 heavy (non-hydrogen) atoms. The molecular weight excluding hydrogens is 560 g/mol. The van der Waals surface area contributed by atoms with Crippen LogP contribution in [0.1, 0.15) is 30.9 Å². The number of benzene rings is 2. The van der Waals surface area contributed by atoms with Gasteiger partial charge in [-0.3, -0.25) is 19.9 Å². The summed E-state index contributed by atoms with van der Waals surface area (Å²) in [6.45, 7) is 2.63. The van der Waals surface area contributed by atoms with Crippen molar-refractivity contribution in [3.63, 3.8) is 0 Å². The number of aromatic nitrogens is 6. The highest BCUT2D eigenvalue weighted by Crippen LogP contribution is 2.35. The average molecular weight is 591 g/mol. The normalized spacial score (nSPS) is 16.3. The molecule has 3 N–H and O–H groups in total. The van der Waals surface area contributed by atoms with Crippen LogP contribution in [-0.4, -0.2) is 66.4 Å². The highest BCUT2D eigenvalue weighted by Gasteiger charge is 2.28. The molecule has 0 atom stereocenters. The predicted molar refractivity (Wildman–Crippen MR) is 163 cm³/mol. The van der Waals surface area contributed by atoms with Crippen LogP contribution in [0.25, 0.3) is 22.3 Å². The molecule has 222 valence electrons. The number of imide groups is 1. The molecular formula is C31H30N10O3. The Balaban J connectivity index is 1.06. The Labute approximate surface area is 252 Å². The lowest BCUT2D eigenvalue weighted by Crippen LogP contribution is -2.50. The van der Waals surface area contributed by atoms with Gasteiger partial charge >= 0.3 is 6.03 Å². The lowest BCUT2D eigenvalue weighted by molar-refractivity contribution is -0.120. The van der Waals surface area contributed by atoms with E-state index in [1.165, 1.54) is 11.2 Å². The minimum Gasteiger partial charge on any atom is -0.457 e. The monoisotopic (exact) mass is 590 g/mol. The molecule has 7 rings (SSSR count). The van der Waals surface area contributed by atoms with E-state index in [1.807, 2.05) is 65.3 Å². The number of nitrogen functional groups attached to an aromatic ring is 1. The molecule has 2 aliphatic heterocycles. The zero-order valence-electron chi connectivity index (χ0n) is 23.8. The zero-order valence-corrected chi connectivity index (χ0v) is 23.8. The maximum Gasteiger partial charge on any atom is 0.329 e. The molecule has 0 unspecified atom stereocenters. The summed E-state index contributed by atoms with van der Waals surface area (Å²) in [5, 5.41) is 16.3. The van der Waals surface area contributed by atoms with E-state index in [-0.39, 0.29) is 24.9 Å². The summed E-state index contributed by atoms with van der Waals surface area (Å²) in [5.41, 5.74) is 9.68. The fraction of sp³-hybridized carbons (Fsp3) is 0.258. The summed E-state index contributed by atoms with van der Waals surface area (Å²) in [7, 11) is 0. The van der Waals surface area contributed by atoms with Crippen molar-refractivity contribution in [2.45, 2.75) is 31.8 Å². The molecule has 3 amide bonds. The molecule has 0 saturated carbocycles. The molecule has 0 spiro atoms. The van der Waals surface area contributed by atoms with E-state index < -0.39 is 6.03 Å². The maximum absolute atomic E-state index is 12.3. The predicted octanol–water partition coefficient (Wildman–Crippen LogP) is 3.94. The van der Waals surface area contributed by atoms with Gasteiger partial charge in [0.15, 0.2) is 11.5 Å². The number of rotatable bonds is 7. The van der Waals surface area contributed by atoms with Crippen molar-refractivity contribution in [3.05, 3.63) is 78.8 Å². The Bertz CT molecular complexity index is 1820. The van der Waals surface area contributed by atoms with Crippen molar-refractivity contribution in [2.75, 3.05) is 30.3 Å². The second-order valence-electron chi connectivity index (χ2n) is 10.9. The number of carbonyl (C=O) groups is 2. The van der Waals surface area contributed by atoms with Crippen LogP contribution < -0.4 is 20.7 Å². The molecule has 0 radical (unpaired) electrons. The molecule has 2 aliphatic rings. The molecule has 2 aromatic carbocycles. The van der Waals surface area contributed by atoms with Gasteiger partial charge in [-0.1, -0.05) is 18.2 Å². The van der Waals surface area contributed by atoms with Gasteiger partial charge in [0.2, 0.25) is 5.91 Å². The number of urea groups is 1. The van der Waals surface area contributed by atoms with E-state index >= 15 is 0 Å². The maximum atomic E-state index is 12.3. The molecule has 13 nitrogen and oxygen atoms in total. The standard InChI is InChI=1S/C31H30N10O3/c32-29-27-28(21-6-8-24(9-7-21)44-23-4-2-1-3-5-23)38-41(30(27)34-19-33-29)22-10-13-39(14-11-22)18-20-16-25(37-35-17-20)40-15-12-26(42)36-31(40)43/h1-9,16-17,19,22H,10-15,18H2,(H2,32,33,34)(H,36,42,43). The summed E-state index contributed by atoms with van der Waals surface area (Å²) in [6, 6.07) is 19.0. The number of nitrogens with one attached hydrogen (secondary N) is 1. The largest absolute Gasteiger partial charge is 0.457 e. The van der Waals surface area contributed by atoms with Crippen LogP contribution in [-0.2, 0) is 11.3 Å². The van der Waals surface area contributed by atoms with E-state index in [1.54, 1.807) is 6.20 Å². The minimum atomic E-state index is -0.472. The Morgan fingerprint density at radius 1 is 0.955 bits per heavy atom. The van der Waals surface area contributed by atoms with E-state index in [0.717, 1.165) is 65.3 Å². The first-order valence-electron chi connectivity index (χ1n) is 14.5. The molecule has 3 aromatic heterocycles. The minimum absolute atomic E-state index is 0.137. The average Bonchev–Trinajstić information content (AvgIpc) is 3.43. The van der Waals surface area contributed by atoms with Crippen LogP contribution in [0.3, 0.4) is 0 Å². The van der Waals surface area contributed by atoms with Gasteiger partial charge in [0, 0.05) is 38.2 Å². The first-order chi connectivity index (χ1) is 21.5. The molecule has 2 saturated heterocycles.